The molecule has 1 aliphatic rings. The third kappa shape index (κ3) is 2.98. The Hall–Kier alpha value is -2.12. The van der Waals surface area contributed by atoms with E-state index in [0.29, 0.717) is 6.54 Å². The molecular formula is C17H20N2O2. The van der Waals surface area contributed by atoms with Crippen molar-refractivity contribution in [1.82, 2.24) is 4.90 Å². The molecule has 0 radical (unpaired) electrons. The average molecular weight is 284 g/mol. The molecule has 0 aliphatic carbocycles. The Morgan fingerprint density at radius 1 is 1.38 bits per heavy atom. The summed E-state index contributed by atoms with van der Waals surface area (Å²) in [5.41, 5.74) is 6.50. The molecule has 1 fully saturated rings. The van der Waals surface area contributed by atoms with Gasteiger partial charge in [0.15, 0.2) is 0 Å². The number of hydrogen-bond acceptors (Lipinski definition) is 3. The summed E-state index contributed by atoms with van der Waals surface area (Å²) in [6.45, 7) is 5.79. The average Bonchev–Trinajstić information content (AvgIpc) is 2.64. The van der Waals surface area contributed by atoms with Crippen LogP contribution in [-0.2, 0) is 9.59 Å². The molecule has 0 saturated carbocycles. The number of nitrogens with two attached hydrogens (primary N) is 1. The minimum Gasteiger partial charge on any atom is -0.320 e. The molecule has 2 rings (SSSR count). The highest BCUT2D eigenvalue weighted by atomic mass is 16.2. The largest absolute Gasteiger partial charge is 0.320 e. The highest BCUT2D eigenvalue weighted by molar-refractivity contribution is 6.05. The van der Waals surface area contributed by atoms with Crippen LogP contribution >= 0.6 is 0 Å². The lowest BCUT2D eigenvalue weighted by Gasteiger charge is -2.25. The lowest BCUT2D eigenvalue weighted by atomic mass is 9.92. The lowest BCUT2D eigenvalue weighted by molar-refractivity contribution is -0.143. The Labute approximate surface area is 125 Å². The van der Waals surface area contributed by atoms with Gasteiger partial charge in [-0.1, -0.05) is 37.8 Å². The Morgan fingerprint density at radius 2 is 2.10 bits per heavy atom. The first-order valence-electron chi connectivity index (χ1n) is 7.02. The number of benzene rings is 1. The minimum atomic E-state index is -0.609. The van der Waals surface area contributed by atoms with Gasteiger partial charge in [0.05, 0.1) is 18.0 Å². The van der Waals surface area contributed by atoms with Gasteiger partial charge in [0.25, 0.3) is 0 Å². The van der Waals surface area contributed by atoms with Gasteiger partial charge in [0, 0.05) is 12.0 Å². The summed E-state index contributed by atoms with van der Waals surface area (Å²) >= 11 is 0. The summed E-state index contributed by atoms with van der Waals surface area (Å²) in [4.78, 5) is 25.9. The first kappa shape index (κ1) is 15.3. The van der Waals surface area contributed by atoms with Gasteiger partial charge >= 0.3 is 0 Å². The minimum absolute atomic E-state index is 0.113. The molecule has 1 aromatic carbocycles. The molecule has 0 bridgehead atoms. The van der Waals surface area contributed by atoms with Gasteiger partial charge in [-0.05, 0) is 24.6 Å². The predicted molar refractivity (Wildman–Crippen MR) is 81.0 cm³/mol. The highest BCUT2D eigenvalue weighted by Crippen LogP contribution is 2.37. The Balaban J connectivity index is 2.30. The second kappa shape index (κ2) is 5.71. The molecule has 21 heavy (non-hydrogen) atoms. The number of amides is 2. The van der Waals surface area contributed by atoms with E-state index in [2.05, 4.69) is 11.8 Å². The van der Waals surface area contributed by atoms with Crippen LogP contribution in [0.1, 0.15) is 44.4 Å². The zero-order chi connectivity index (χ0) is 15.6. The molecule has 4 nitrogen and oxygen atoms in total. The van der Waals surface area contributed by atoms with E-state index in [1.54, 1.807) is 0 Å². The van der Waals surface area contributed by atoms with Crippen molar-refractivity contribution in [3.8, 4) is 11.8 Å². The number of imide groups is 1. The van der Waals surface area contributed by atoms with Gasteiger partial charge in [-0.15, -0.1) is 0 Å². The first-order chi connectivity index (χ1) is 9.86. The van der Waals surface area contributed by atoms with Crippen LogP contribution in [0.15, 0.2) is 24.3 Å². The molecule has 1 unspecified atom stereocenters. The standard InChI is InChI=1S/C17H20N2O2/c1-12(19-15(20)11-17(2,3)16(19)21)14-8-4-6-13(10-14)7-5-9-18/h4,6,8,10,12H,9,11,18H2,1-3H3. The van der Waals surface area contributed by atoms with Crippen molar-refractivity contribution in [3.05, 3.63) is 35.4 Å². The monoisotopic (exact) mass is 284 g/mol. The number of rotatable bonds is 2. The topological polar surface area (TPSA) is 63.4 Å². The Kier molecular flexibility index (Phi) is 4.15. The maximum Gasteiger partial charge on any atom is 0.235 e. The SMILES string of the molecule is CC(c1cccc(C#CCN)c1)N1C(=O)CC(C)(C)C1=O. The van der Waals surface area contributed by atoms with E-state index in [4.69, 9.17) is 5.73 Å². The molecule has 2 amide bonds. The first-order valence-corrected chi connectivity index (χ1v) is 7.02. The number of carbonyl (C=O) groups is 2. The van der Waals surface area contributed by atoms with Crippen LogP contribution in [-0.4, -0.2) is 23.3 Å². The highest BCUT2D eigenvalue weighted by Gasteiger charge is 2.46. The van der Waals surface area contributed by atoms with Crippen molar-refractivity contribution in [1.29, 1.82) is 0 Å². The van der Waals surface area contributed by atoms with Crippen LogP contribution < -0.4 is 5.73 Å². The summed E-state index contributed by atoms with van der Waals surface area (Å²) < 4.78 is 0. The fourth-order valence-corrected chi connectivity index (χ4v) is 2.55. The van der Waals surface area contributed by atoms with E-state index in [1.807, 2.05) is 45.0 Å². The maximum absolute atomic E-state index is 12.4. The van der Waals surface area contributed by atoms with Gasteiger partial charge in [-0.25, -0.2) is 0 Å². The summed E-state index contributed by atoms with van der Waals surface area (Å²) in [6, 6.07) is 7.29. The van der Waals surface area contributed by atoms with E-state index >= 15 is 0 Å². The second-order valence-corrected chi connectivity index (χ2v) is 5.94. The van der Waals surface area contributed by atoms with Gasteiger partial charge < -0.3 is 5.73 Å². The smallest absolute Gasteiger partial charge is 0.235 e. The van der Waals surface area contributed by atoms with Gasteiger partial charge in [-0.2, -0.15) is 0 Å². The molecular weight excluding hydrogens is 264 g/mol. The van der Waals surface area contributed by atoms with E-state index < -0.39 is 5.41 Å². The molecule has 0 aromatic heterocycles. The van der Waals surface area contributed by atoms with Crippen LogP contribution in [0.25, 0.3) is 0 Å². The summed E-state index contributed by atoms with van der Waals surface area (Å²) in [5.74, 6) is 5.54. The van der Waals surface area contributed by atoms with Gasteiger partial charge in [0.1, 0.15) is 0 Å². The van der Waals surface area contributed by atoms with Crippen LogP contribution in [0.5, 0.6) is 0 Å². The third-order valence-corrected chi connectivity index (χ3v) is 3.75. The number of nitrogens with zero attached hydrogens (tertiary/aromatic N) is 1. The fourth-order valence-electron chi connectivity index (χ4n) is 2.55. The van der Waals surface area contributed by atoms with Crippen LogP contribution in [0, 0.1) is 17.3 Å². The quantitative estimate of drug-likeness (QED) is 0.666. The van der Waals surface area contributed by atoms with Crippen molar-refractivity contribution in [2.75, 3.05) is 6.54 Å². The van der Waals surface area contributed by atoms with Crippen molar-refractivity contribution in [3.63, 3.8) is 0 Å². The number of hydrogen-bond donors (Lipinski definition) is 1. The zero-order valence-electron chi connectivity index (χ0n) is 12.6. The Morgan fingerprint density at radius 3 is 2.67 bits per heavy atom. The fraction of sp³-hybridized carbons (Fsp3) is 0.412. The number of likely N-dealkylation sites (tertiary alicyclic amines) is 1. The van der Waals surface area contributed by atoms with Crippen LogP contribution in [0.3, 0.4) is 0 Å². The van der Waals surface area contributed by atoms with E-state index in [1.165, 1.54) is 4.90 Å². The maximum atomic E-state index is 12.4. The van der Waals surface area contributed by atoms with Gasteiger partial charge in [-0.3, -0.25) is 14.5 Å². The third-order valence-electron chi connectivity index (χ3n) is 3.75. The van der Waals surface area contributed by atoms with E-state index in [0.717, 1.165) is 11.1 Å². The molecule has 1 saturated heterocycles. The second-order valence-electron chi connectivity index (χ2n) is 5.94. The van der Waals surface area contributed by atoms with Crippen molar-refractivity contribution in [2.24, 2.45) is 11.1 Å². The van der Waals surface area contributed by atoms with Gasteiger partial charge in [0.2, 0.25) is 11.8 Å². The number of carbonyl (C=O) groups excluding carboxylic acids is 2. The molecule has 1 aromatic rings. The van der Waals surface area contributed by atoms with Crippen molar-refractivity contribution in [2.45, 2.75) is 33.2 Å². The molecule has 1 aliphatic heterocycles. The van der Waals surface area contributed by atoms with E-state index in [9.17, 15) is 9.59 Å². The molecule has 1 heterocycles. The lowest BCUT2D eigenvalue weighted by Crippen LogP contribution is -2.35. The summed E-state index contributed by atoms with van der Waals surface area (Å²) in [7, 11) is 0. The normalized spacial score (nSPS) is 18.4. The Bertz CT molecular complexity index is 638. The molecule has 0 spiro atoms. The molecule has 1 atom stereocenters. The van der Waals surface area contributed by atoms with E-state index in [-0.39, 0.29) is 24.3 Å². The molecule has 4 heteroatoms. The predicted octanol–water partition coefficient (Wildman–Crippen LogP) is 1.84. The van der Waals surface area contributed by atoms with Crippen LogP contribution in [0.2, 0.25) is 0 Å². The molecule has 2 N–H and O–H groups in total. The summed E-state index contributed by atoms with van der Waals surface area (Å²) in [5, 5.41) is 0. The van der Waals surface area contributed by atoms with Crippen LogP contribution in [0.4, 0.5) is 0 Å². The van der Waals surface area contributed by atoms with Crippen molar-refractivity contribution >= 4 is 11.8 Å². The van der Waals surface area contributed by atoms with Crippen molar-refractivity contribution < 1.29 is 9.59 Å². The molecule has 110 valence electrons. The summed E-state index contributed by atoms with van der Waals surface area (Å²) in [6.07, 6.45) is 0.267. The zero-order valence-corrected chi connectivity index (χ0v) is 12.6.